The molecule has 148 valence electrons. The first-order valence-corrected chi connectivity index (χ1v) is 8.55. The zero-order valence-electron chi connectivity index (χ0n) is 15.4. The Morgan fingerprint density at radius 1 is 0.929 bits per heavy atom. The summed E-state index contributed by atoms with van der Waals surface area (Å²) in [7, 11) is 2.75. The second-order valence-electron chi connectivity index (χ2n) is 6.38. The number of carbonyl (C=O) groups excluding carboxylic acids is 2. The van der Waals surface area contributed by atoms with Crippen molar-refractivity contribution in [3.05, 3.63) is 46.0 Å². The van der Waals surface area contributed by atoms with Gasteiger partial charge in [0.05, 0.1) is 32.0 Å². The van der Waals surface area contributed by atoms with Crippen LogP contribution in [0.25, 0.3) is 0 Å². The van der Waals surface area contributed by atoms with Crippen molar-refractivity contribution in [3.63, 3.8) is 0 Å². The Morgan fingerprint density at radius 3 is 2.18 bits per heavy atom. The van der Waals surface area contributed by atoms with Gasteiger partial charge in [-0.1, -0.05) is 0 Å². The monoisotopic (exact) mass is 388 g/mol. The summed E-state index contributed by atoms with van der Waals surface area (Å²) < 4.78 is 10.4. The summed E-state index contributed by atoms with van der Waals surface area (Å²) >= 11 is 0. The number of aliphatic hydroxyl groups is 2. The van der Waals surface area contributed by atoms with Crippen LogP contribution in [-0.4, -0.2) is 59.4 Å². The Morgan fingerprint density at radius 2 is 1.61 bits per heavy atom. The van der Waals surface area contributed by atoms with E-state index in [4.69, 9.17) is 14.6 Å². The molecule has 0 aliphatic heterocycles. The smallest absolute Gasteiger partial charge is 0.201 e. The molecule has 0 saturated heterocycles. The zero-order chi connectivity index (χ0) is 20.6. The van der Waals surface area contributed by atoms with Crippen LogP contribution in [0.3, 0.4) is 0 Å². The standard InChI is InChI=1S/C20H20O8/c1-27-10-5-11-16(14(6-10)28-2)20(26)17-12(18(11)24)7-13(23)15(19(17)25)9(8-22)3-4-21/h5-7,9,21-23,25H,3-4,8H2,1-2H3/t9-/m1/s1. The molecule has 2 aromatic rings. The summed E-state index contributed by atoms with van der Waals surface area (Å²) in [6, 6.07) is 3.94. The molecule has 4 N–H and O–H groups in total. The molecule has 0 spiro atoms. The highest BCUT2D eigenvalue weighted by atomic mass is 16.5. The van der Waals surface area contributed by atoms with Crippen LogP contribution in [0, 0.1) is 0 Å². The van der Waals surface area contributed by atoms with Gasteiger partial charge in [-0.05, 0) is 18.6 Å². The average molecular weight is 388 g/mol. The highest BCUT2D eigenvalue weighted by Gasteiger charge is 2.38. The molecule has 0 amide bonds. The molecule has 0 unspecified atom stereocenters. The lowest BCUT2D eigenvalue weighted by molar-refractivity contribution is 0.0973. The van der Waals surface area contributed by atoms with Crippen LogP contribution in [0.15, 0.2) is 18.2 Å². The first kappa shape index (κ1) is 19.7. The van der Waals surface area contributed by atoms with E-state index in [0.29, 0.717) is 5.75 Å². The van der Waals surface area contributed by atoms with Gasteiger partial charge >= 0.3 is 0 Å². The van der Waals surface area contributed by atoms with Gasteiger partial charge in [0.1, 0.15) is 23.0 Å². The number of fused-ring (bicyclic) bond motifs is 2. The van der Waals surface area contributed by atoms with E-state index >= 15 is 0 Å². The Hall–Kier alpha value is -3.10. The fraction of sp³-hybridized carbons (Fsp3) is 0.300. The maximum Gasteiger partial charge on any atom is 0.201 e. The van der Waals surface area contributed by atoms with E-state index in [-0.39, 0.29) is 46.6 Å². The van der Waals surface area contributed by atoms with Crippen LogP contribution in [0.2, 0.25) is 0 Å². The topological polar surface area (TPSA) is 134 Å². The molecule has 0 radical (unpaired) electrons. The number of hydrogen-bond donors (Lipinski definition) is 4. The maximum absolute atomic E-state index is 13.2. The lowest BCUT2D eigenvalue weighted by Crippen LogP contribution is -2.23. The third-order valence-electron chi connectivity index (χ3n) is 4.90. The van der Waals surface area contributed by atoms with Crippen molar-refractivity contribution in [1.29, 1.82) is 0 Å². The van der Waals surface area contributed by atoms with E-state index < -0.39 is 35.6 Å². The highest BCUT2D eigenvalue weighted by Crippen LogP contribution is 2.45. The summed E-state index contributed by atoms with van der Waals surface area (Å²) in [6.07, 6.45) is 0.0512. The fourth-order valence-electron chi connectivity index (χ4n) is 3.52. The Bertz CT molecular complexity index is 963. The molecular formula is C20H20O8. The molecule has 3 rings (SSSR count). The van der Waals surface area contributed by atoms with Crippen molar-refractivity contribution in [2.45, 2.75) is 12.3 Å². The molecule has 8 nitrogen and oxygen atoms in total. The summed E-state index contributed by atoms with van der Waals surface area (Å²) in [5.74, 6) is -2.65. The van der Waals surface area contributed by atoms with Gasteiger partial charge in [-0.15, -0.1) is 0 Å². The van der Waals surface area contributed by atoms with Crippen molar-refractivity contribution < 1.29 is 39.5 Å². The second kappa shape index (κ2) is 7.49. The number of hydrogen-bond acceptors (Lipinski definition) is 8. The van der Waals surface area contributed by atoms with Crippen molar-refractivity contribution in [1.82, 2.24) is 0 Å². The van der Waals surface area contributed by atoms with Gasteiger partial charge < -0.3 is 29.9 Å². The number of aromatic hydroxyl groups is 2. The highest BCUT2D eigenvalue weighted by molar-refractivity contribution is 6.30. The van der Waals surface area contributed by atoms with Crippen molar-refractivity contribution >= 4 is 11.6 Å². The minimum atomic E-state index is -0.808. The number of phenols is 2. The summed E-state index contributed by atoms with van der Waals surface area (Å²) in [4.78, 5) is 26.2. The molecule has 0 saturated carbocycles. The number of carbonyl (C=O) groups is 2. The van der Waals surface area contributed by atoms with Crippen LogP contribution >= 0.6 is 0 Å². The SMILES string of the molecule is COc1cc(OC)c2c(c1)C(=O)c1cc(O)c([C@@H](CO)CCO)c(O)c1C2=O. The molecule has 2 aromatic carbocycles. The van der Waals surface area contributed by atoms with Gasteiger partial charge in [0.25, 0.3) is 0 Å². The normalized spacial score (nSPS) is 13.7. The van der Waals surface area contributed by atoms with Gasteiger partial charge in [-0.25, -0.2) is 0 Å². The summed E-state index contributed by atoms with van der Waals surface area (Å²) in [6.45, 7) is -0.774. The van der Waals surface area contributed by atoms with E-state index in [1.165, 1.54) is 26.4 Å². The number of aliphatic hydroxyl groups excluding tert-OH is 2. The third-order valence-corrected chi connectivity index (χ3v) is 4.90. The number of benzene rings is 2. The van der Waals surface area contributed by atoms with E-state index in [0.717, 1.165) is 6.07 Å². The third kappa shape index (κ3) is 2.87. The number of rotatable bonds is 6. The average Bonchev–Trinajstić information content (AvgIpc) is 2.69. The zero-order valence-corrected chi connectivity index (χ0v) is 15.4. The molecule has 1 atom stereocenters. The van der Waals surface area contributed by atoms with Crippen LogP contribution in [0.5, 0.6) is 23.0 Å². The Kier molecular flexibility index (Phi) is 5.26. The fourth-order valence-corrected chi connectivity index (χ4v) is 3.52. The largest absolute Gasteiger partial charge is 0.507 e. The number of ether oxygens (including phenoxy) is 2. The summed E-state index contributed by atoms with van der Waals surface area (Å²) in [5, 5.41) is 39.8. The number of ketones is 2. The van der Waals surface area contributed by atoms with Crippen LogP contribution in [0.4, 0.5) is 0 Å². The summed E-state index contributed by atoms with van der Waals surface area (Å²) in [5.41, 5.74) is -0.505. The van der Waals surface area contributed by atoms with Gasteiger partial charge in [0.2, 0.25) is 5.78 Å². The van der Waals surface area contributed by atoms with E-state index in [1.807, 2.05) is 0 Å². The van der Waals surface area contributed by atoms with Crippen LogP contribution < -0.4 is 9.47 Å². The van der Waals surface area contributed by atoms with Crippen molar-refractivity contribution in [3.8, 4) is 23.0 Å². The molecule has 28 heavy (non-hydrogen) atoms. The Labute approximate surface area is 160 Å². The lowest BCUT2D eigenvalue weighted by Gasteiger charge is -2.24. The lowest BCUT2D eigenvalue weighted by atomic mass is 9.80. The van der Waals surface area contributed by atoms with E-state index in [9.17, 15) is 24.9 Å². The molecule has 0 aromatic heterocycles. The first-order chi connectivity index (χ1) is 13.4. The van der Waals surface area contributed by atoms with Crippen molar-refractivity contribution in [2.24, 2.45) is 0 Å². The second-order valence-corrected chi connectivity index (χ2v) is 6.38. The number of phenolic OH excluding ortho intramolecular Hbond substituents is 2. The molecule has 1 aliphatic rings. The van der Waals surface area contributed by atoms with Gasteiger partial charge in [0.15, 0.2) is 5.78 Å². The predicted octanol–water partition coefficient (Wildman–Crippen LogP) is 1.35. The van der Waals surface area contributed by atoms with Crippen LogP contribution in [-0.2, 0) is 0 Å². The molecule has 0 fully saturated rings. The number of methoxy groups -OCH3 is 2. The van der Waals surface area contributed by atoms with E-state index in [2.05, 4.69) is 0 Å². The van der Waals surface area contributed by atoms with Gasteiger partial charge in [0, 0.05) is 35.3 Å². The maximum atomic E-state index is 13.2. The van der Waals surface area contributed by atoms with Crippen molar-refractivity contribution in [2.75, 3.05) is 27.4 Å². The Balaban J connectivity index is 2.29. The van der Waals surface area contributed by atoms with E-state index in [1.54, 1.807) is 0 Å². The molecule has 1 aliphatic carbocycles. The quantitative estimate of drug-likeness (QED) is 0.497. The minimum absolute atomic E-state index is 0.0181. The molecular weight excluding hydrogens is 368 g/mol. The first-order valence-electron chi connectivity index (χ1n) is 8.55. The minimum Gasteiger partial charge on any atom is -0.507 e. The van der Waals surface area contributed by atoms with Crippen LogP contribution in [0.1, 0.15) is 49.7 Å². The molecule has 0 heterocycles. The molecule has 0 bridgehead atoms. The van der Waals surface area contributed by atoms with Gasteiger partial charge in [-0.2, -0.15) is 0 Å². The molecule has 8 heteroatoms. The predicted molar refractivity (Wildman–Crippen MR) is 97.7 cm³/mol. The van der Waals surface area contributed by atoms with Gasteiger partial charge in [-0.3, -0.25) is 9.59 Å².